The molecule has 0 radical (unpaired) electrons. The molecule has 2 rings (SSSR count). The van der Waals surface area contributed by atoms with E-state index in [0.29, 0.717) is 11.6 Å². The zero-order valence-electron chi connectivity index (χ0n) is 8.49. The molecule has 0 atom stereocenters. The maximum absolute atomic E-state index is 11.6. The highest BCUT2D eigenvalue weighted by Crippen LogP contribution is 2.33. The van der Waals surface area contributed by atoms with Crippen molar-refractivity contribution >= 4 is 11.6 Å². The van der Waals surface area contributed by atoms with Crippen molar-refractivity contribution in [3.63, 3.8) is 0 Å². The van der Waals surface area contributed by atoms with Crippen LogP contribution < -0.4 is 15.8 Å². The first-order chi connectivity index (χ1) is 7.14. The van der Waals surface area contributed by atoms with Gasteiger partial charge in [0, 0.05) is 6.07 Å². The average molecular weight is 207 g/mol. The Bertz CT molecular complexity index is 371. The Balaban J connectivity index is 2.01. The number of aromatic nitrogens is 1. The number of nitrogens with zero attached hydrogens (tertiary/aromatic N) is 1. The van der Waals surface area contributed by atoms with Crippen molar-refractivity contribution in [2.24, 2.45) is 5.73 Å². The number of hydrogen-bond donors (Lipinski definition) is 2. The molecular formula is C10H13N3O2. The molecule has 1 saturated carbocycles. The van der Waals surface area contributed by atoms with Crippen molar-refractivity contribution in [2.75, 3.05) is 12.4 Å². The average Bonchev–Trinajstić information content (AvgIpc) is 2.99. The molecule has 1 heterocycles. The van der Waals surface area contributed by atoms with Crippen molar-refractivity contribution in [2.45, 2.75) is 18.4 Å². The topological polar surface area (TPSA) is 77.2 Å². The summed E-state index contributed by atoms with van der Waals surface area (Å²) in [6.07, 6.45) is 3.05. The number of nitrogens with two attached hydrogens (primary N) is 1. The molecule has 80 valence electrons. The fourth-order valence-corrected chi connectivity index (χ4v) is 1.19. The summed E-state index contributed by atoms with van der Waals surface area (Å²) in [5.41, 5.74) is 5.72. The molecule has 0 saturated heterocycles. The second-order valence-corrected chi connectivity index (χ2v) is 3.70. The van der Waals surface area contributed by atoms with Crippen molar-refractivity contribution in [1.29, 1.82) is 0 Å². The Morgan fingerprint density at radius 1 is 1.60 bits per heavy atom. The molecule has 0 aromatic carbocycles. The number of hydrogen-bond acceptors (Lipinski definition) is 4. The van der Waals surface area contributed by atoms with Gasteiger partial charge in [-0.2, -0.15) is 0 Å². The Morgan fingerprint density at radius 2 is 2.33 bits per heavy atom. The number of anilines is 1. The van der Waals surface area contributed by atoms with Gasteiger partial charge in [0.15, 0.2) is 0 Å². The predicted molar refractivity (Wildman–Crippen MR) is 55.6 cm³/mol. The molecule has 15 heavy (non-hydrogen) atoms. The van der Waals surface area contributed by atoms with Gasteiger partial charge in [0.25, 0.3) is 0 Å². The number of carbonyl (C=O) groups is 1. The number of amides is 1. The minimum absolute atomic E-state index is 0.144. The summed E-state index contributed by atoms with van der Waals surface area (Å²) in [6.45, 7) is 0. The van der Waals surface area contributed by atoms with Crippen LogP contribution in [0.2, 0.25) is 0 Å². The van der Waals surface area contributed by atoms with Gasteiger partial charge in [-0.05, 0) is 18.9 Å². The SMILES string of the molecule is COc1ccc(NC(=O)C2(N)CC2)cn1. The zero-order valence-corrected chi connectivity index (χ0v) is 8.49. The molecule has 1 aromatic rings. The lowest BCUT2D eigenvalue weighted by atomic mass is 10.2. The van der Waals surface area contributed by atoms with Gasteiger partial charge in [0.2, 0.25) is 11.8 Å². The quantitative estimate of drug-likeness (QED) is 0.757. The fourth-order valence-electron chi connectivity index (χ4n) is 1.19. The lowest BCUT2D eigenvalue weighted by molar-refractivity contribution is -0.118. The first kappa shape index (κ1) is 9.92. The van der Waals surface area contributed by atoms with E-state index in [9.17, 15) is 4.79 Å². The van der Waals surface area contributed by atoms with Gasteiger partial charge in [-0.15, -0.1) is 0 Å². The summed E-state index contributed by atoms with van der Waals surface area (Å²) >= 11 is 0. The number of methoxy groups -OCH3 is 1. The summed E-state index contributed by atoms with van der Waals surface area (Å²) in [4.78, 5) is 15.5. The van der Waals surface area contributed by atoms with E-state index in [-0.39, 0.29) is 5.91 Å². The van der Waals surface area contributed by atoms with Crippen LogP contribution in [0, 0.1) is 0 Å². The molecule has 0 unspecified atom stereocenters. The molecule has 5 heteroatoms. The van der Waals surface area contributed by atoms with Crippen LogP contribution in [0.5, 0.6) is 5.88 Å². The Kier molecular flexibility index (Phi) is 2.32. The van der Waals surface area contributed by atoms with Crippen LogP contribution >= 0.6 is 0 Å². The summed E-state index contributed by atoms with van der Waals surface area (Å²) in [5, 5.41) is 2.71. The first-order valence-electron chi connectivity index (χ1n) is 4.74. The van der Waals surface area contributed by atoms with E-state index in [0.717, 1.165) is 12.8 Å². The molecule has 0 aliphatic heterocycles. The summed E-state index contributed by atoms with van der Waals surface area (Å²) < 4.78 is 4.91. The van der Waals surface area contributed by atoms with Gasteiger partial charge >= 0.3 is 0 Å². The van der Waals surface area contributed by atoms with Crippen LogP contribution in [-0.4, -0.2) is 23.5 Å². The third-order valence-electron chi connectivity index (χ3n) is 2.44. The third kappa shape index (κ3) is 2.07. The van der Waals surface area contributed by atoms with Gasteiger partial charge in [-0.1, -0.05) is 0 Å². The molecule has 5 nitrogen and oxygen atoms in total. The largest absolute Gasteiger partial charge is 0.481 e. The second kappa shape index (κ2) is 3.51. The Hall–Kier alpha value is -1.62. The van der Waals surface area contributed by atoms with E-state index < -0.39 is 5.54 Å². The molecule has 0 bridgehead atoms. The van der Waals surface area contributed by atoms with Crippen LogP contribution in [0.1, 0.15) is 12.8 Å². The molecule has 1 fully saturated rings. The van der Waals surface area contributed by atoms with E-state index in [1.54, 1.807) is 25.4 Å². The van der Waals surface area contributed by atoms with Gasteiger partial charge < -0.3 is 15.8 Å². The highest BCUT2D eigenvalue weighted by molar-refractivity contribution is 5.99. The monoisotopic (exact) mass is 207 g/mol. The maximum Gasteiger partial charge on any atom is 0.244 e. The summed E-state index contributed by atoms with van der Waals surface area (Å²) in [6, 6.07) is 3.42. The van der Waals surface area contributed by atoms with Crippen molar-refractivity contribution in [3.8, 4) is 5.88 Å². The van der Waals surface area contributed by atoms with Gasteiger partial charge in [0.05, 0.1) is 24.5 Å². The molecule has 0 spiro atoms. The summed E-state index contributed by atoms with van der Waals surface area (Å²) in [7, 11) is 1.54. The Labute approximate surface area is 87.6 Å². The fraction of sp³-hybridized carbons (Fsp3) is 0.400. The highest BCUT2D eigenvalue weighted by atomic mass is 16.5. The minimum Gasteiger partial charge on any atom is -0.481 e. The molecule has 3 N–H and O–H groups in total. The number of pyridine rings is 1. The Morgan fingerprint density at radius 3 is 2.80 bits per heavy atom. The minimum atomic E-state index is -0.653. The number of rotatable bonds is 3. The lowest BCUT2D eigenvalue weighted by Gasteiger charge is -2.09. The van der Waals surface area contributed by atoms with E-state index >= 15 is 0 Å². The maximum atomic E-state index is 11.6. The van der Waals surface area contributed by atoms with Gasteiger partial charge in [0.1, 0.15) is 0 Å². The normalized spacial score (nSPS) is 16.9. The van der Waals surface area contributed by atoms with Gasteiger partial charge in [-0.3, -0.25) is 4.79 Å². The van der Waals surface area contributed by atoms with Crippen molar-refractivity contribution in [1.82, 2.24) is 4.98 Å². The summed E-state index contributed by atoms with van der Waals surface area (Å²) in [5.74, 6) is 0.372. The first-order valence-corrected chi connectivity index (χ1v) is 4.74. The van der Waals surface area contributed by atoms with E-state index in [1.165, 1.54) is 0 Å². The van der Waals surface area contributed by atoms with Crippen LogP contribution in [-0.2, 0) is 4.79 Å². The van der Waals surface area contributed by atoms with E-state index in [4.69, 9.17) is 10.5 Å². The number of ether oxygens (including phenoxy) is 1. The van der Waals surface area contributed by atoms with Crippen molar-refractivity contribution < 1.29 is 9.53 Å². The van der Waals surface area contributed by atoms with Crippen LogP contribution in [0.25, 0.3) is 0 Å². The predicted octanol–water partition coefficient (Wildman–Crippen LogP) is 0.520. The molecule has 1 aliphatic carbocycles. The second-order valence-electron chi connectivity index (χ2n) is 3.70. The molecule has 1 aliphatic rings. The standard InChI is InChI=1S/C10H13N3O2/c1-15-8-3-2-7(6-12-8)13-9(14)10(11)4-5-10/h2-3,6H,4-5,11H2,1H3,(H,13,14). The lowest BCUT2D eigenvalue weighted by Crippen LogP contribution is -2.37. The number of carbonyl (C=O) groups excluding carboxylic acids is 1. The highest BCUT2D eigenvalue weighted by Gasteiger charge is 2.45. The van der Waals surface area contributed by atoms with Crippen molar-refractivity contribution in [3.05, 3.63) is 18.3 Å². The smallest absolute Gasteiger partial charge is 0.244 e. The zero-order chi connectivity index (χ0) is 10.9. The molecular weight excluding hydrogens is 194 g/mol. The van der Waals surface area contributed by atoms with Crippen LogP contribution in [0.4, 0.5) is 5.69 Å². The van der Waals surface area contributed by atoms with E-state index in [2.05, 4.69) is 10.3 Å². The third-order valence-corrected chi connectivity index (χ3v) is 2.44. The number of nitrogens with one attached hydrogen (secondary N) is 1. The molecule has 1 amide bonds. The van der Waals surface area contributed by atoms with Gasteiger partial charge in [-0.25, -0.2) is 4.98 Å². The molecule has 1 aromatic heterocycles. The van der Waals surface area contributed by atoms with Crippen LogP contribution in [0.3, 0.4) is 0 Å². The van der Waals surface area contributed by atoms with E-state index in [1.807, 2.05) is 0 Å². The van der Waals surface area contributed by atoms with Crippen LogP contribution in [0.15, 0.2) is 18.3 Å².